The molecule has 1 atom stereocenters. The van der Waals surface area contributed by atoms with Crippen LogP contribution in [0.4, 0.5) is 11.4 Å². The standard InChI is InChI=1S/C18H20N2O3/c1-22-17-10-11-20(13-17)15-6-4-14(5-7-15)19-18(21)9-8-16-3-2-12-23-16/h2-9,12,17H,10-11,13H2,1H3,(H,19,21)/b9-8+/t17-/m1/s1. The van der Waals surface area contributed by atoms with Gasteiger partial charge in [-0.25, -0.2) is 0 Å². The molecule has 23 heavy (non-hydrogen) atoms. The van der Waals surface area contributed by atoms with Crippen molar-refractivity contribution >= 4 is 23.4 Å². The Morgan fingerprint density at radius 3 is 2.83 bits per heavy atom. The first-order valence-electron chi connectivity index (χ1n) is 7.65. The molecular weight excluding hydrogens is 292 g/mol. The Bertz CT molecular complexity index is 662. The van der Waals surface area contributed by atoms with E-state index in [-0.39, 0.29) is 5.91 Å². The summed E-state index contributed by atoms with van der Waals surface area (Å²) in [6.07, 6.45) is 6.02. The van der Waals surface area contributed by atoms with Crippen molar-refractivity contribution in [3.8, 4) is 0 Å². The van der Waals surface area contributed by atoms with Gasteiger partial charge in [0.1, 0.15) is 5.76 Å². The lowest BCUT2D eigenvalue weighted by molar-refractivity contribution is -0.111. The van der Waals surface area contributed by atoms with Crippen LogP contribution < -0.4 is 10.2 Å². The fraction of sp³-hybridized carbons (Fsp3) is 0.278. The summed E-state index contributed by atoms with van der Waals surface area (Å²) in [5.74, 6) is 0.465. The summed E-state index contributed by atoms with van der Waals surface area (Å²) in [7, 11) is 1.75. The minimum Gasteiger partial charge on any atom is -0.465 e. The Labute approximate surface area is 135 Å². The van der Waals surface area contributed by atoms with Gasteiger partial charge in [-0.3, -0.25) is 4.79 Å². The molecule has 1 aromatic heterocycles. The third-order valence-electron chi connectivity index (χ3n) is 3.92. The summed E-state index contributed by atoms with van der Waals surface area (Å²) in [5.41, 5.74) is 1.92. The molecule has 5 nitrogen and oxygen atoms in total. The van der Waals surface area contributed by atoms with Crippen LogP contribution in [0.2, 0.25) is 0 Å². The third-order valence-corrected chi connectivity index (χ3v) is 3.92. The molecule has 0 radical (unpaired) electrons. The number of nitrogens with one attached hydrogen (secondary N) is 1. The van der Waals surface area contributed by atoms with Gasteiger partial charge < -0.3 is 19.4 Å². The topological polar surface area (TPSA) is 54.7 Å². The minimum absolute atomic E-state index is 0.185. The molecule has 0 saturated carbocycles. The summed E-state index contributed by atoms with van der Waals surface area (Å²) in [6, 6.07) is 11.4. The zero-order chi connectivity index (χ0) is 16.1. The second-order valence-electron chi connectivity index (χ2n) is 5.48. The van der Waals surface area contributed by atoms with Gasteiger partial charge in [0, 0.05) is 37.7 Å². The minimum atomic E-state index is -0.185. The second kappa shape index (κ2) is 7.15. The van der Waals surface area contributed by atoms with E-state index in [1.54, 1.807) is 31.6 Å². The molecule has 0 aliphatic carbocycles. The Kier molecular flexibility index (Phi) is 4.78. The number of benzene rings is 1. The van der Waals surface area contributed by atoms with Gasteiger partial charge in [-0.2, -0.15) is 0 Å². The maximum Gasteiger partial charge on any atom is 0.248 e. The maximum atomic E-state index is 11.9. The van der Waals surface area contributed by atoms with Crippen molar-refractivity contribution in [2.45, 2.75) is 12.5 Å². The predicted octanol–water partition coefficient (Wildman–Crippen LogP) is 3.16. The van der Waals surface area contributed by atoms with E-state index in [1.807, 2.05) is 24.3 Å². The van der Waals surface area contributed by atoms with Crippen molar-refractivity contribution in [2.75, 3.05) is 30.4 Å². The highest BCUT2D eigenvalue weighted by Crippen LogP contribution is 2.23. The van der Waals surface area contributed by atoms with E-state index in [1.165, 1.54) is 6.08 Å². The lowest BCUT2D eigenvalue weighted by atomic mass is 10.2. The number of anilines is 2. The summed E-state index contributed by atoms with van der Waals surface area (Å²) < 4.78 is 10.5. The molecule has 1 N–H and O–H groups in total. The number of hydrogen-bond donors (Lipinski definition) is 1. The number of ether oxygens (including phenoxy) is 1. The van der Waals surface area contributed by atoms with Crippen molar-refractivity contribution in [3.05, 3.63) is 54.5 Å². The SMILES string of the molecule is CO[C@@H]1CCN(c2ccc(NC(=O)/C=C/c3ccco3)cc2)C1. The highest BCUT2D eigenvalue weighted by Gasteiger charge is 2.21. The van der Waals surface area contributed by atoms with E-state index < -0.39 is 0 Å². The summed E-state index contributed by atoms with van der Waals surface area (Å²) in [6.45, 7) is 1.91. The zero-order valence-electron chi connectivity index (χ0n) is 13.1. The van der Waals surface area contributed by atoms with Gasteiger partial charge in [0.25, 0.3) is 0 Å². The maximum absolute atomic E-state index is 11.9. The quantitative estimate of drug-likeness (QED) is 0.862. The molecule has 0 bridgehead atoms. The van der Waals surface area contributed by atoms with Crippen molar-refractivity contribution < 1.29 is 13.9 Å². The smallest absolute Gasteiger partial charge is 0.248 e. The van der Waals surface area contributed by atoms with Crippen LogP contribution in [0.15, 0.2) is 53.2 Å². The van der Waals surface area contributed by atoms with Crippen LogP contribution in [-0.4, -0.2) is 32.2 Å². The average molecular weight is 312 g/mol. The molecule has 5 heteroatoms. The van der Waals surface area contributed by atoms with Gasteiger partial charge in [-0.1, -0.05) is 0 Å². The van der Waals surface area contributed by atoms with Crippen molar-refractivity contribution in [1.29, 1.82) is 0 Å². The molecule has 1 aromatic carbocycles. The lowest BCUT2D eigenvalue weighted by Gasteiger charge is -2.18. The van der Waals surface area contributed by atoms with Gasteiger partial charge >= 0.3 is 0 Å². The van der Waals surface area contributed by atoms with Gasteiger partial charge in [0.15, 0.2) is 0 Å². The number of carbonyl (C=O) groups is 1. The summed E-state index contributed by atoms with van der Waals surface area (Å²) >= 11 is 0. The molecule has 2 heterocycles. The molecule has 1 aliphatic rings. The number of amides is 1. The van der Waals surface area contributed by atoms with E-state index in [9.17, 15) is 4.79 Å². The highest BCUT2D eigenvalue weighted by atomic mass is 16.5. The van der Waals surface area contributed by atoms with Gasteiger partial charge in [0.05, 0.1) is 12.4 Å². The third kappa shape index (κ3) is 4.02. The van der Waals surface area contributed by atoms with E-state index in [0.717, 1.165) is 30.9 Å². The van der Waals surface area contributed by atoms with Crippen molar-refractivity contribution in [1.82, 2.24) is 0 Å². The lowest BCUT2D eigenvalue weighted by Crippen LogP contribution is -2.22. The number of hydrogen-bond acceptors (Lipinski definition) is 4. The van der Waals surface area contributed by atoms with E-state index in [4.69, 9.17) is 9.15 Å². The fourth-order valence-corrected chi connectivity index (χ4v) is 2.64. The molecule has 0 spiro atoms. The molecule has 1 fully saturated rings. The molecule has 0 unspecified atom stereocenters. The van der Waals surface area contributed by atoms with Crippen LogP contribution in [-0.2, 0) is 9.53 Å². The fourth-order valence-electron chi connectivity index (χ4n) is 2.64. The average Bonchev–Trinajstić information content (AvgIpc) is 3.25. The normalized spacial score (nSPS) is 17.8. The number of carbonyl (C=O) groups excluding carboxylic acids is 1. The molecule has 120 valence electrons. The first-order chi connectivity index (χ1) is 11.2. The molecule has 1 aliphatic heterocycles. The van der Waals surface area contributed by atoms with E-state index in [2.05, 4.69) is 10.2 Å². The zero-order valence-corrected chi connectivity index (χ0v) is 13.1. The van der Waals surface area contributed by atoms with Gasteiger partial charge in [-0.15, -0.1) is 0 Å². The van der Waals surface area contributed by atoms with Crippen molar-refractivity contribution in [2.24, 2.45) is 0 Å². The number of furan rings is 1. The molecule has 2 aromatic rings. The Hall–Kier alpha value is -2.53. The first kappa shape index (κ1) is 15.4. The Morgan fingerprint density at radius 2 is 2.17 bits per heavy atom. The number of rotatable bonds is 5. The monoisotopic (exact) mass is 312 g/mol. The van der Waals surface area contributed by atoms with Gasteiger partial charge in [-0.05, 0) is 48.9 Å². The Morgan fingerprint density at radius 1 is 1.35 bits per heavy atom. The van der Waals surface area contributed by atoms with Crippen LogP contribution in [0, 0.1) is 0 Å². The first-order valence-corrected chi connectivity index (χ1v) is 7.65. The van der Waals surface area contributed by atoms with Crippen LogP contribution in [0.25, 0.3) is 6.08 Å². The largest absolute Gasteiger partial charge is 0.465 e. The second-order valence-corrected chi connectivity index (χ2v) is 5.48. The van der Waals surface area contributed by atoms with Gasteiger partial charge in [0.2, 0.25) is 5.91 Å². The molecule has 1 amide bonds. The van der Waals surface area contributed by atoms with Crippen LogP contribution >= 0.6 is 0 Å². The number of nitrogens with zero attached hydrogens (tertiary/aromatic N) is 1. The van der Waals surface area contributed by atoms with Crippen LogP contribution in [0.3, 0.4) is 0 Å². The van der Waals surface area contributed by atoms with Crippen molar-refractivity contribution in [3.63, 3.8) is 0 Å². The van der Waals surface area contributed by atoms with E-state index in [0.29, 0.717) is 11.9 Å². The number of methoxy groups -OCH3 is 1. The molecular formula is C18H20N2O3. The summed E-state index contributed by atoms with van der Waals surface area (Å²) in [5, 5.41) is 2.83. The predicted molar refractivity (Wildman–Crippen MR) is 90.4 cm³/mol. The van der Waals surface area contributed by atoms with Crippen LogP contribution in [0.5, 0.6) is 0 Å². The molecule has 3 rings (SSSR count). The molecule has 1 saturated heterocycles. The van der Waals surface area contributed by atoms with Crippen LogP contribution in [0.1, 0.15) is 12.2 Å². The Balaban J connectivity index is 1.56. The highest BCUT2D eigenvalue weighted by molar-refractivity contribution is 6.01. The van der Waals surface area contributed by atoms with E-state index >= 15 is 0 Å². The summed E-state index contributed by atoms with van der Waals surface area (Å²) in [4.78, 5) is 14.2.